The fourth-order valence-corrected chi connectivity index (χ4v) is 2.74. The van der Waals surface area contributed by atoms with Gasteiger partial charge < -0.3 is 5.73 Å². The number of aromatic nitrogens is 4. The van der Waals surface area contributed by atoms with E-state index in [9.17, 15) is 0 Å². The number of halogens is 1. The zero-order valence-corrected chi connectivity index (χ0v) is 13.4. The van der Waals surface area contributed by atoms with Crippen LogP contribution in [0.1, 0.15) is 36.8 Å². The van der Waals surface area contributed by atoms with Crippen molar-refractivity contribution in [2.75, 3.05) is 5.73 Å². The monoisotopic (exact) mass is 311 g/mol. The number of rotatable bonds is 6. The van der Waals surface area contributed by atoms with Crippen molar-refractivity contribution >= 4 is 17.4 Å². The minimum absolute atomic E-state index is 0.164. The summed E-state index contributed by atoms with van der Waals surface area (Å²) in [5.74, 6) is 6.29. The Hall–Kier alpha value is -1.57. The number of hydrogen-bond acceptors (Lipinski definition) is 5. The standard InChI is InChI=1S/C13H22ClN7/c1-4-9-12(14)11(21(5-2)19-9)6-10(18-16)8-7-17-20(3)13(8)15/h7,10,18H,4-6,15-16H2,1-3H3. The summed E-state index contributed by atoms with van der Waals surface area (Å²) >= 11 is 6.44. The van der Waals surface area contributed by atoms with E-state index in [0.717, 1.165) is 29.9 Å². The molecule has 0 aliphatic carbocycles. The van der Waals surface area contributed by atoms with Gasteiger partial charge in [-0.05, 0) is 13.3 Å². The maximum atomic E-state index is 6.44. The third-order valence-electron chi connectivity index (χ3n) is 3.68. The molecule has 0 fully saturated rings. The lowest BCUT2D eigenvalue weighted by Crippen LogP contribution is -2.30. The molecule has 5 N–H and O–H groups in total. The van der Waals surface area contributed by atoms with E-state index in [-0.39, 0.29) is 6.04 Å². The van der Waals surface area contributed by atoms with Gasteiger partial charge >= 0.3 is 0 Å². The van der Waals surface area contributed by atoms with Gasteiger partial charge in [-0.1, -0.05) is 18.5 Å². The maximum absolute atomic E-state index is 6.44. The van der Waals surface area contributed by atoms with Crippen molar-refractivity contribution in [2.24, 2.45) is 12.9 Å². The summed E-state index contributed by atoms with van der Waals surface area (Å²) in [5, 5.41) is 9.38. The first-order chi connectivity index (χ1) is 10.0. The van der Waals surface area contributed by atoms with Crippen molar-refractivity contribution in [3.63, 3.8) is 0 Å². The molecule has 116 valence electrons. The highest BCUT2D eigenvalue weighted by molar-refractivity contribution is 6.31. The van der Waals surface area contributed by atoms with Crippen LogP contribution in [0.4, 0.5) is 5.82 Å². The van der Waals surface area contributed by atoms with E-state index < -0.39 is 0 Å². The van der Waals surface area contributed by atoms with Crippen molar-refractivity contribution in [2.45, 2.75) is 39.3 Å². The third-order valence-corrected chi connectivity index (χ3v) is 4.12. The smallest absolute Gasteiger partial charge is 0.126 e. The van der Waals surface area contributed by atoms with Gasteiger partial charge in [-0.2, -0.15) is 10.2 Å². The summed E-state index contributed by atoms with van der Waals surface area (Å²) in [4.78, 5) is 0. The van der Waals surface area contributed by atoms with Crippen LogP contribution in [0.15, 0.2) is 6.20 Å². The molecular weight excluding hydrogens is 290 g/mol. The minimum Gasteiger partial charge on any atom is -0.384 e. The van der Waals surface area contributed by atoms with Gasteiger partial charge in [0.15, 0.2) is 0 Å². The minimum atomic E-state index is -0.164. The Balaban J connectivity index is 2.35. The Morgan fingerprint density at radius 1 is 1.43 bits per heavy atom. The van der Waals surface area contributed by atoms with Gasteiger partial charge in [-0.25, -0.2) is 0 Å². The second kappa shape index (κ2) is 6.46. The molecule has 2 heterocycles. The Labute approximate surface area is 129 Å². The lowest BCUT2D eigenvalue weighted by atomic mass is 10.0. The first-order valence-corrected chi connectivity index (χ1v) is 7.38. The number of nitrogens with zero attached hydrogens (tertiary/aromatic N) is 4. The zero-order chi connectivity index (χ0) is 15.6. The van der Waals surface area contributed by atoms with Crippen LogP contribution in [0.5, 0.6) is 0 Å². The molecule has 7 nitrogen and oxygen atoms in total. The molecule has 0 spiro atoms. The van der Waals surface area contributed by atoms with Crippen LogP contribution >= 0.6 is 11.6 Å². The predicted molar refractivity (Wildman–Crippen MR) is 83.7 cm³/mol. The molecule has 1 atom stereocenters. The summed E-state index contributed by atoms with van der Waals surface area (Å²) in [7, 11) is 1.80. The van der Waals surface area contributed by atoms with Crippen LogP contribution < -0.4 is 17.0 Å². The highest BCUT2D eigenvalue weighted by Gasteiger charge is 2.22. The number of hydrazine groups is 1. The van der Waals surface area contributed by atoms with E-state index in [2.05, 4.69) is 15.6 Å². The molecule has 0 saturated carbocycles. The Morgan fingerprint density at radius 3 is 2.62 bits per heavy atom. The first kappa shape index (κ1) is 15.8. The van der Waals surface area contributed by atoms with Gasteiger partial charge in [0, 0.05) is 25.6 Å². The lowest BCUT2D eigenvalue weighted by Gasteiger charge is -2.16. The molecule has 0 aliphatic heterocycles. The molecular formula is C13H22ClN7. The van der Waals surface area contributed by atoms with Gasteiger partial charge in [-0.3, -0.25) is 20.6 Å². The number of nitrogen functional groups attached to an aromatic ring is 1. The molecule has 0 aliphatic rings. The van der Waals surface area contributed by atoms with Gasteiger partial charge in [0.2, 0.25) is 0 Å². The fourth-order valence-electron chi connectivity index (χ4n) is 2.40. The number of nitrogens with two attached hydrogens (primary N) is 2. The molecule has 21 heavy (non-hydrogen) atoms. The number of hydrogen-bond donors (Lipinski definition) is 3. The normalized spacial score (nSPS) is 12.8. The largest absolute Gasteiger partial charge is 0.384 e. The topological polar surface area (TPSA) is 99.7 Å². The van der Waals surface area contributed by atoms with Crippen LogP contribution in [-0.2, 0) is 26.4 Å². The quantitative estimate of drug-likeness (QED) is 0.549. The summed E-state index contributed by atoms with van der Waals surface area (Å²) in [5.41, 5.74) is 11.5. The molecule has 0 amide bonds. The van der Waals surface area contributed by atoms with Gasteiger partial charge in [0.25, 0.3) is 0 Å². The van der Waals surface area contributed by atoms with E-state index >= 15 is 0 Å². The number of anilines is 1. The van der Waals surface area contributed by atoms with Crippen molar-refractivity contribution in [1.29, 1.82) is 0 Å². The average molecular weight is 312 g/mol. The van der Waals surface area contributed by atoms with Crippen LogP contribution in [0.25, 0.3) is 0 Å². The molecule has 2 aromatic rings. The molecule has 0 bridgehead atoms. The SMILES string of the molecule is CCc1nn(CC)c(CC(NN)c2cnn(C)c2N)c1Cl. The third kappa shape index (κ3) is 2.90. The molecule has 2 aromatic heterocycles. The Kier molecular flexibility index (Phi) is 4.87. The number of aryl methyl sites for hydroxylation is 3. The van der Waals surface area contributed by atoms with Crippen LogP contribution in [0.2, 0.25) is 5.02 Å². The van der Waals surface area contributed by atoms with Crippen LogP contribution in [0, 0.1) is 0 Å². The van der Waals surface area contributed by atoms with E-state index in [1.54, 1.807) is 17.9 Å². The number of nitrogens with one attached hydrogen (secondary N) is 1. The van der Waals surface area contributed by atoms with E-state index in [0.29, 0.717) is 17.3 Å². The fraction of sp³-hybridized carbons (Fsp3) is 0.538. The summed E-state index contributed by atoms with van der Waals surface area (Å²) in [6, 6.07) is -0.164. The van der Waals surface area contributed by atoms with Gasteiger partial charge in [0.05, 0.1) is 28.6 Å². The van der Waals surface area contributed by atoms with Gasteiger partial charge in [0.1, 0.15) is 5.82 Å². The second-order valence-electron chi connectivity index (χ2n) is 4.91. The zero-order valence-electron chi connectivity index (χ0n) is 12.6. The Bertz CT molecular complexity index is 616. The maximum Gasteiger partial charge on any atom is 0.126 e. The summed E-state index contributed by atoms with van der Waals surface area (Å²) in [6.45, 7) is 4.83. The van der Waals surface area contributed by atoms with Crippen LogP contribution in [0.3, 0.4) is 0 Å². The first-order valence-electron chi connectivity index (χ1n) is 7.00. The van der Waals surface area contributed by atoms with Crippen molar-refractivity contribution in [3.05, 3.63) is 28.2 Å². The van der Waals surface area contributed by atoms with E-state index in [1.807, 2.05) is 18.5 Å². The Morgan fingerprint density at radius 2 is 2.14 bits per heavy atom. The molecule has 2 rings (SSSR count). The average Bonchev–Trinajstić information content (AvgIpc) is 2.98. The molecule has 1 unspecified atom stereocenters. The summed E-state index contributed by atoms with van der Waals surface area (Å²) < 4.78 is 3.54. The summed E-state index contributed by atoms with van der Waals surface area (Å²) in [6.07, 6.45) is 3.13. The van der Waals surface area contributed by atoms with Gasteiger partial charge in [-0.15, -0.1) is 0 Å². The molecule has 0 aromatic carbocycles. The molecule has 0 radical (unpaired) electrons. The van der Waals surface area contributed by atoms with E-state index in [1.165, 1.54) is 0 Å². The second-order valence-corrected chi connectivity index (χ2v) is 5.29. The molecule has 8 heteroatoms. The highest BCUT2D eigenvalue weighted by Crippen LogP contribution is 2.28. The predicted octanol–water partition coefficient (Wildman–Crippen LogP) is 1.18. The van der Waals surface area contributed by atoms with E-state index in [4.69, 9.17) is 23.2 Å². The van der Waals surface area contributed by atoms with Crippen LogP contribution in [-0.4, -0.2) is 19.6 Å². The van der Waals surface area contributed by atoms with Crippen molar-refractivity contribution in [3.8, 4) is 0 Å². The molecule has 0 saturated heterocycles. The van der Waals surface area contributed by atoms with Crippen molar-refractivity contribution < 1.29 is 0 Å². The highest BCUT2D eigenvalue weighted by atomic mass is 35.5. The van der Waals surface area contributed by atoms with Crippen molar-refractivity contribution in [1.82, 2.24) is 25.0 Å². The lowest BCUT2D eigenvalue weighted by molar-refractivity contribution is 0.517.